The minimum Gasteiger partial charge on any atom is -0.380 e. The van der Waals surface area contributed by atoms with Crippen LogP contribution in [0.4, 0.5) is 0 Å². The van der Waals surface area contributed by atoms with Crippen molar-refractivity contribution in [2.75, 3.05) is 60.0 Å². The molecule has 4 fully saturated rings. The van der Waals surface area contributed by atoms with Gasteiger partial charge in [-0.05, 0) is 88.4 Å². The van der Waals surface area contributed by atoms with Gasteiger partial charge < -0.3 is 23.7 Å². The van der Waals surface area contributed by atoms with Gasteiger partial charge in [0.25, 0.3) is 0 Å². The second-order valence-electron chi connectivity index (χ2n) is 14.6. The fraction of sp³-hybridized carbons (Fsp3) is 1.00. The van der Waals surface area contributed by atoms with Crippen molar-refractivity contribution in [3.63, 3.8) is 0 Å². The van der Waals surface area contributed by atoms with E-state index < -0.39 is 0 Å². The van der Waals surface area contributed by atoms with Crippen molar-refractivity contribution in [3.8, 4) is 0 Å². The van der Waals surface area contributed by atoms with Gasteiger partial charge in [0, 0.05) is 36.6 Å². The third-order valence-corrected chi connectivity index (χ3v) is 12.0. The Morgan fingerprint density at radius 1 is 0.675 bits per heavy atom. The van der Waals surface area contributed by atoms with Crippen molar-refractivity contribution >= 4 is 0 Å². The summed E-state index contributed by atoms with van der Waals surface area (Å²) >= 11 is 0. The molecule has 2 aliphatic carbocycles. The van der Waals surface area contributed by atoms with Gasteiger partial charge in [0.05, 0.1) is 45.2 Å². The topological polar surface area (TPSA) is 46.2 Å². The minimum atomic E-state index is 0.0155. The van der Waals surface area contributed by atoms with E-state index in [1.54, 1.807) is 0 Å². The molecule has 2 unspecified atom stereocenters. The van der Waals surface area contributed by atoms with Crippen LogP contribution in [0.3, 0.4) is 0 Å². The van der Waals surface area contributed by atoms with Crippen molar-refractivity contribution in [3.05, 3.63) is 0 Å². The van der Waals surface area contributed by atoms with Crippen molar-refractivity contribution < 1.29 is 23.7 Å². The first-order chi connectivity index (χ1) is 19.4. The second-order valence-corrected chi connectivity index (χ2v) is 14.6. The zero-order valence-corrected chi connectivity index (χ0v) is 27.0. The molecule has 0 amide bonds. The molecule has 4 rings (SSSR count). The largest absolute Gasteiger partial charge is 0.380 e. The molecular weight excluding hydrogens is 500 g/mol. The highest BCUT2D eigenvalue weighted by molar-refractivity contribution is 5.08. The molecule has 5 heteroatoms. The van der Waals surface area contributed by atoms with E-state index in [2.05, 4.69) is 34.8 Å². The molecule has 0 spiro atoms. The molecule has 0 aromatic rings. The summed E-state index contributed by atoms with van der Waals surface area (Å²) in [6, 6.07) is 0. The predicted molar refractivity (Wildman–Crippen MR) is 163 cm³/mol. The second kappa shape index (κ2) is 15.0. The van der Waals surface area contributed by atoms with Crippen molar-refractivity contribution in [1.82, 2.24) is 0 Å². The molecule has 0 aromatic heterocycles. The Morgan fingerprint density at radius 2 is 1.20 bits per heavy atom. The van der Waals surface area contributed by atoms with Crippen LogP contribution >= 0.6 is 0 Å². The Labute approximate surface area is 247 Å². The summed E-state index contributed by atoms with van der Waals surface area (Å²) < 4.78 is 30.7. The number of hydrogen-bond acceptors (Lipinski definition) is 5. The van der Waals surface area contributed by atoms with Gasteiger partial charge in [-0.3, -0.25) is 0 Å². The minimum absolute atomic E-state index is 0.0155. The van der Waals surface area contributed by atoms with Crippen LogP contribution in [0, 0.1) is 34.0 Å². The molecule has 4 aliphatic rings. The first-order valence-electron chi connectivity index (χ1n) is 17.3. The molecule has 2 heterocycles. The molecule has 2 atom stereocenters. The van der Waals surface area contributed by atoms with E-state index in [1.165, 1.54) is 83.5 Å². The highest BCUT2D eigenvalue weighted by atomic mass is 16.5. The lowest BCUT2D eigenvalue weighted by Crippen LogP contribution is -2.59. The molecule has 2 saturated heterocycles. The van der Waals surface area contributed by atoms with Crippen molar-refractivity contribution in [2.24, 2.45) is 34.0 Å². The summed E-state index contributed by atoms with van der Waals surface area (Å²) in [7, 11) is 2.06. The lowest BCUT2D eigenvalue weighted by atomic mass is 9.50. The molecule has 234 valence electrons. The van der Waals surface area contributed by atoms with Gasteiger partial charge in [-0.15, -0.1) is 0 Å². The molecule has 0 bridgehead atoms. The standard InChI is InChI=1S/C35H64O5/c1-6-10-17-34(18-11-7-2)20-30(22-38-24-33(9-4)27-40-28-33)16-19-35(34,36-5)31-14-12-29(13-15-31)21-37-23-32(8-3)25-39-26-32/h29-31H,6-28H2,1-5H3. The smallest absolute Gasteiger partial charge is 0.0762 e. The monoisotopic (exact) mass is 564 g/mol. The first-order valence-corrected chi connectivity index (χ1v) is 17.3. The average Bonchev–Trinajstić information content (AvgIpc) is 2.94. The van der Waals surface area contributed by atoms with E-state index in [0.717, 1.165) is 65.7 Å². The van der Waals surface area contributed by atoms with Gasteiger partial charge >= 0.3 is 0 Å². The summed E-state index contributed by atoms with van der Waals surface area (Å²) in [5.74, 6) is 2.02. The zero-order valence-electron chi connectivity index (χ0n) is 27.0. The van der Waals surface area contributed by atoms with E-state index in [-0.39, 0.29) is 16.4 Å². The Morgan fingerprint density at radius 3 is 1.62 bits per heavy atom. The molecule has 0 aromatic carbocycles. The third kappa shape index (κ3) is 7.12. The summed E-state index contributed by atoms with van der Waals surface area (Å²) in [6.07, 6.45) is 19.0. The van der Waals surface area contributed by atoms with Gasteiger partial charge in [0.15, 0.2) is 0 Å². The number of rotatable bonds is 18. The number of methoxy groups -OCH3 is 1. The van der Waals surface area contributed by atoms with E-state index in [1.807, 2.05) is 0 Å². The summed E-state index contributed by atoms with van der Waals surface area (Å²) in [5, 5.41) is 0. The highest BCUT2D eigenvalue weighted by Gasteiger charge is 2.58. The Bertz CT molecular complexity index is 704. The molecule has 5 nitrogen and oxygen atoms in total. The maximum Gasteiger partial charge on any atom is 0.0762 e. The maximum absolute atomic E-state index is 6.87. The van der Waals surface area contributed by atoms with Crippen molar-refractivity contribution in [2.45, 2.75) is 130 Å². The predicted octanol–water partition coefficient (Wildman–Crippen LogP) is 8.23. The van der Waals surface area contributed by atoms with Crippen LogP contribution in [0.1, 0.15) is 124 Å². The molecule has 40 heavy (non-hydrogen) atoms. The van der Waals surface area contributed by atoms with Crippen LogP contribution < -0.4 is 0 Å². The fourth-order valence-corrected chi connectivity index (χ4v) is 8.80. The Balaban J connectivity index is 1.39. The maximum atomic E-state index is 6.87. The summed E-state index contributed by atoms with van der Waals surface area (Å²) in [5.41, 5.74) is 0.855. The van der Waals surface area contributed by atoms with Crippen LogP contribution in [0.5, 0.6) is 0 Å². The van der Waals surface area contributed by atoms with E-state index in [4.69, 9.17) is 23.7 Å². The summed E-state index contributed by atoms with van der Waals surface area (Å²) in [6.45, 7) is 16.4. The Kier molecular flexibility index (Phi) is 12.3. The van der Waals surface area contributed by atoms with E-state index >= 15 is 0 Å². The molecule has 0 radical (unpaired) electrons. The highest BCUT2D eigenvalue weighted by Crippen LogP contribution is 2.60. The number of ether oxygens (including phenoxy) is 5. The van der Waals surface area contributed by atoms with Gasteiger partial charge in [0.2, 0.25) is 0 Å². The summed E-state index contributed by atoms with van der Waals surface area (Å²) in [4.78, 5) is 0. The SMILES string of the molecule is CCCCC1(CCCC)CC(COCC2(CC)COC2)CCC1(OC)C1CCC(COCC2(CC)COC2)CC1. The molecule has 0 N–H and O–H groups in total. The van der Waals surface area contributed by atoms with E-state index in [0.29, 0.717) is 23.2 Å². The Hall–Kier alpha value is -0.200. The lowest BCUT2D eigenvalue weighted by molar-refractivity contribution is -0.207. The fourth-order valence-electron chi connectivity index (χ4n) is 8.80. The lowest BCUT2D eigenvalue weighted by Gasteiger charge is -2.60. The van der Waals surface area contributed by atoms with Crippen molar-refractivity contribution in [1.29, 1.82) is 0 Å². The van der Waals surface area contributed by atoms with Crippen LogP contribution in [0.25, 0.3) is 0 Å². The zero-order chi connectivity index (χ0) is 28.5. The first kappa shape index (κ1) is 32.7. The molecule has 2 saturated carbocycles. The van der Waals surface area contributed by atoms with E-state index in [9.17, 15) is 0 Å². The van der Waals surface area contributed by atoms with Crippen LogP contribution in [0.15, 0.2) is 0 Å². The third-order valence-electron chi connectivity index (χ3n) is 12.0. The quantitative estimate of drug-likeness (QED) is 0.168. The average molecular weight is 565 g/mol. The van der Waals surface area contributed by atoms with Gasteiger partial charge in [0.1, 0.15) is 0 Å². The van der Waals surface area contributed by atoms with Crippen LogP contribution in [0.2, 0.25) is 0 Å². The number of unbranched alkanes of at least 4 members (excludes halogenated alkanes) is 2. The normalized spacial score (nSPS) is 32.8. The number of hydrogen-bond donors (Lipinski definition) is 0. The van der Waals surface area contributed by atoms with Gasteiger partial charge in [-0.1, -0.05) is 53.4 Å². The van der Waals surface area contributed by atoms with Gasteiger partial charge in [-0.25, -0.2) is 0 Å². The van der Waals surface area contributed by atoms with Crippen LogP contribution in [-0.4, -0.2) is 65.6 Å². The molecule has 2 aliphatic heterocycles. The van der Waals surface area contributed by atoms with Gasteiger partial charge in [-0.2, -0.15) is 0 Å². The molecular formula is C35H64O5. The van der Waals surface area contributed by atoms with Crippen LogP contribution in [-0.2, 0) is 23.7 Å².